The van der Waals surface area contributed by atoms with Crippen LogP contribution < -0.4 is 5.32 Å². The van der Waals surface area contributed by atoms with Gasteiger partial charge in [0.15, 0.2) is 0 Å². The summed E-state index contributed by atoms with van der Waals surface area (Å²) in [6.07, 6.45) is 9.69. The second-order valence-electron chi connectivity index (χ2n) is 5.92. The Hall–Kier alpha value is -0.0400. The predicted octanol–water partition coefficient (Wildman–Crippen LogP) is 4.62. The van der Waals surface area contributed by atoms with Crippen LogP contribution in [0.15, 0.2) is 0 Å². The molecule has 0 saturated heterocycles. The molecule has 1 unspecified atom stereocenters. The fourth-order valence-corrected chi connectivity index (χ4v) is 2.21. The molecule has 16 heavy (non-hydrogen) atoms. The fourth-order valence-electron chi connectivity index (χ4n) is 2.21. The van der Waals surface area contributed by atoms with Crippen LogP contribution in [0.25, 0.3) is 0 Å². The summed E-state index contributed by atoms with van der Waals surface area (Å²) in [5.41, 5.74) is 0.541. The van der Waals surface area contributed by atoms with Crippen molar-refractivity contribution in [3.63, 3.8) is 0 Å². The van der Waals surface area contributed by atoms with Gasteiger partial charge in [-0.15, -0.1) is 0 Å². The largest absolute Gasteiger partial charge is 0.320 e. The molecule has 0 aromatic heterocycles. The van der Waals surface area contributed by atoms with Gasteiger partial charge >= 0.3 is 0 Å². The van der Waals surface area contributed by atoms with Gasteiger partial charge in [0, 0.05) is 0 Å². The van der Waals surface area contributed by atoms with E-state index >= 15 is 0 Å². The van der Waals surface area contributed by atoms with Crippen LogP contribution in [0.4, 0.5) is 0 Å². The molecule has 0 amide bonds. The van der Waals surface area contributed by atoms with Crippen molar-refractivity contribution in [1.29, 1.82) is 0 Å². The lowest BCUT2D eigenvalue weighted by Gasteiger charge is -2.31. The van der Waals surface area contributed by atoms with E-state index in [1.165, 1.54) is 51.5 Å². The third-order valence-corrected chi connectivity index (χ3v) is 4.19. The molecule has 98 valence electrons. The highest BCUT2D eigenvalue weighted by Crippen LogP contribution is 2.34. The SMILES string of the molecule is CCC(C)C(C)(C)CCCCCCCNC. The minimum atomic E-state index is 0.541. The lowest BCUT2D eigenvalue weighted by Crippen LogP contribution is -2.20. The number of rotatable bonds is 10. The van der Waals surface area contributed by atoms with Crippen molar-refractivity contribution in [2.75, 3.05) is 13.6 Å². The number of hydrogen-bond donors (Lipinski definition) is 1. The first-order chi connectivity index (χ1) is 7.54. The van der Waals surface area contributed by atoms with E-state index in [2.05, 4.69) is 33.0 Å². The molecule has 0 radical (unpaired) electrons. The minimum absolute atomic E-state index is 0.541. The summed E-state index contributed by atoms with van der Waals surface area (Å²) in [7, 11) is 2.04. The standard InChI is InChI=1S/C15H33N/c1-6-14(2)15(3,4)12-10-8-7-9-11-13-16-5/h14,16H,6-13H2,1-5H3. The molecule has 0 heterocycles. The fraction of sp³-hybridized carbons (Fsp3) is 1.00. The van der Waals surface area contributed by atoms with E-state index in [4.69, 9.17) is 0 Å². The van der Waals surface area contributed by atoms with Crippen molar-refractivity contribution in [3.05, 3.63) is 0 Å². The third-order valence-electron chi connectivity index (χ3n) is 4.19. The molecule has 0 aromatic carbocycles. The van der Waals surface area contributed by atoms with Gasteiger partial charge in [0.1, 0.15) is 0 Å². The molecule has 0 bridgehead atoms. The monoisotopic (exact) mass is 227 g/mol. The van der Waals surface area contributed by atoms with E-state index in [-0.39, 0.29) is 0 Å². The number of hydrogen-bond acceptors (Lipinski definition) is 1. The Labute approximate surface area is 103 Å². The zero-order valence-corrected chi connectivity index (χ0v) is 12.2. The van der Waals surface area contributed by atoms with Gasteiger partial charge in [-0.2, -0.15) is 0 Å². The second-order valence-corrected chi connectivity index (χ2v) is 5.92. The zero-order chi connectivity index (χ0) is 12.4. The molecule has 0 aliphatic rings. The molecule has 1 atom stereocenters. The Bertz CT molecular complexity index is 152. The summed E-state index contributed by atoms with van der Waals surface area (Å²) in [5.74, 6) is 0.858. The molecule has 0 spiro atoms. The van der Waals surface area contributed by atoms with Gasteiger partial charge < -0.3 is 5.32 Å². The van der Waals surface area contributed by atoms with Gasteiger partial charge in [0.05, 0.1) is 0 Å². The predicted molar refractivity (Wildman–Crippen MR) is 74.9 cm³/mol. The van der Waals surface area contributed by atoms with Crippen LogP contribution in [0.1, 0.15) is 72.6 Å². The van der Waals surface area contributed by atoms with Crippen LogP contribution in [0, 0.1) is 11.3 Å². The first-order valence-electron chi connectivity index (χ1n) is 7.19. The topological polar surface area (TPSA) is 12.0 Å². The molecule has 1 N–H and O–H groups in total. The lowest BCUT2D eigenvalue weighted by molar-refractivity contribution is 0.199. The highest BCUT2D eigenvalue weighted by molar-refractivity contribution is 4.74. The lowest BCUT2D eigenvalue weighted by atomic mass is 9.75. The van der Waals surface area contributed by atoms with Crippen molar-refractivity contribution in [2.45, 2.75) is 72.6 Å². The van der Waals surface area contributed by atoms with Crippen molar-refractivity contribution >= 4 is 0 Å². The molecule has 0 aromatic rings. The van der Waals surface area contributed by atoms with Crippen LogP contribution in [-0.2, 0) is 0 Å². The van der Waals surface area contributed by atoms with Gasteiger partial charge in [-0.05, 0) is 37.8 Å². The molecule has 0 aliphatic heterocycles. The first-order valence-corrected chi connectivity index (χ1v) is 7.19. The van der Waals surface area contributed by atoms with Crippen molar-refractivity contribution < 1.29 is 0 Å². The smallest absolute Gasteiger partial charge is 0.00519 e. The maximum Gasteiger partial charge on any atom is -0.00519 e. The van der Waals surface area contributed by atoms with Gasteiger partial charge in [-0.3, -0.25) is 0 Å². The average Bonchev–Trinajstić information content (AvgIpc) is 2.26. The summed E-state index contributed by atoms with van der Waals surface area (Å²) < 4.78 is 0. The Morgan fingerprint density at radius 1 is 1.00 bits per heavy atom. The summed E-state index contributed by atoms with van der Waals surface area (Å²) in [4.78, 5) is 0. The van der Waals surface area contributed by atoms with Crippen molar-refractivity contribution in [1.82, 2.24) is 5.32 Å². The maximum atomic E-state index is 3.21. The third kappa shape index (κ3) is 7.27. The van der Waals surface area contributed by atoms with Crippen molar-refractivity contribution in [3.8, 4) is 0 Å². The normalized spacial score (nSPS) is 14.1. The molecule has 0 rings (SSSR count). The summed E-state index contributed by atoms with van der Waals surface area (Å²) >= 11 is 0. The zero-order valence-electron chi connectivity index (χ0n) is 12.2. The van der Waals surface area contributed by atoms with Crippen LogP contribution in [0.5, 0.6) is 0 Å². The number of unbranched alkanes of at least 4 members (excludes halogenated alkanes) is 4. The summed E-state index contributed by atoms with van der Waals surface area (Å²) in [5, 5.41) is 3.21. The first kappa shape index (κ1) is 16.0. The van der Waals surface area contributed by atoms with Crippen LogP contribution in [0.3, 0.4) is 0 Å². The van der Waals surface area contributed by atoms with Crippen LogP contribution in [-0.4, -0.2) is 13.6 Å². The van der Waals surface area contributed by atoms with Gasteiger partial charge in [0.2, 0.25) is 0 Å². The van der Waals surface area contributed by atoms with Crippen molar-refractivity contribution in [2.24, 2.45) is 11.3 Å². The average molecular weight is 227 g/mol. The van der Waals surface area contributed by atoms with Gasteiger partial charge in [0.25, 0.3) is 0 Å². The highest BCUT2D eigenvalue weighted by atomic mass is 14.8. The van der Waals surface area contributed by atoms with E-state index in [1.54, 1.807) is 0 Å². The maximum absolute atomic E-state index is 3.21. The van der Waals surface area contributed by atoms with E-state index in [9.17, 15) is 0 Å². The molecular formula is C15H33N. The van der Waals surface area contributed by atoms with E-state index in [1.807, 2.05) is 7.05 Å². The van der Waals surface area contributed by atoms with E-state index in [0.29, 0.717) is 5.41 Å². The molecule has 1 nitrogen and oxygen atoms in total. The Morgan fingerprint density at radius 2 is 1.56 bits per heavy atom. The summed E-state index contributed by atoms with van der Waals surface area (Å²) in [6, 6.07) is 0. The summed E-state index contributed by atoms with van der Waals surface area (Å²) in [6.45, 7) is 10.7. The highest BCUT2D eigenvalue weighted by Gasteiger charge is 2.23. The van der Waals surface area contributed by atoms with Crippen LogP contribution >= 0.6 is 0 Å². The molecule has 0 aliphatic carbocycles. The Balaban J connectivity index is 3.43. The van der Waals surface area contributed by atoms with Gasteiger partial charge in [-0.25, -0.2) is 0 Å². The molecular weight excluding hydrogens is 194 g/mol. The Kier molecular flexibility index (Phi) is 9.02. The quantitative estimate of drug-likeness (QED) is 0.537. The molecule has 1 heteroatoms. The van der Waals surface area contributed by atoms with E-state index in [0.717, 1.165) is 5.92 Å². The molecule has 0 saturated carbocycles. The Morgan fingerprint density at radius 3 is 2.12 bits per heavy atom. The van der Waals surface area contributed by atoms with E-state index < -0.39 is 0 Å². The number of nitrogens with one attached hydrogen (secondary N) is 1. The second kappa shape index (κ2) is 9.04. The minimum Gasteiger partial charge on any atom is -0.320 e. The van der Waals surface area contributed by atoms with Gasteiger partial charge in [-0.1, -0.05) is 59.8 Å². The van der Waals surface area contributed by atoms with Crippen LogP contribution in [0.2, 0.25) is 0 Å². The molecule has 0 fully saturated rings.